The molecule has 0 atom stereocenters. The summed E-state index contributed by atoms with van der Waals surface area (Å²) >= 11 is 0. The van der Waals surface area contributed by atoms with Gasteiger partial charge in [0.2, 0.25) is 0 Å². The van der Waals surface area contributed by atoms with E-state index in [0.717, 1.165) is 16.6 Å². The molecule has 0 aliphatic heterocycles. The Kier molecular flexibility index (Phi) is 2.48. The van der Waals surface area contributed by atoms with Crippen molar-refractivity contribution in [3.8, 4) is 0 Å². The number of esters is 1. The van der Waals surface area contributed by atoms with Crippen LogP contribution < -0.4 is 0 Å². The first kappa shape index (κ1) is 10.4. The van der Waals surface area contributed by atoms with Gasteiger partial charge in [0, 0.05) is 12.4 Å². The molecule has 2 rings (SSSR count). The predicted molar refractivity (Wildman–Crippen MR) is 62.1 cm³/mol. The summed E-state index contributed by atoms with van der Waals surface area (Å²) in [6, 6.07) is 5.34. The van der Waals surface area contributed by atoms with Crippen molar-refractivity contribution in [1.82, 2.24) is 9.78 Å². The van der Waals surface area contributed by atoms with E-state index in [9.17, 15) is 4.79 Å². The summed E-state index contributed by atoms with van der Waals surface area (Å²) in [6.45, 7) is 3.70. The first-order chi connectivity index (χ1) is 7.67. The number of hydrogen-bond donors (Lipinski definition) is 0. The third-order valence-electron chi connectivity index (χ3n) is 2.49. The summed E-state index contributed by atoms with van der Waals surface area (Å²) in [5.41, 5.74) is 2.25. The lowest BCUT2D eigenvalue weighted by atomic mass is 10.1. The number of nitrogens with zero attached hydrogens (tertiary/aromatic N) is 2. The summed E-state index contributed by atoms with van der Waals surface area (Å²) in [5, 5.41) is 5.18. The van der Waals surface area contributed by atoms with Gasteiger partial charge in [0.25, 0.3) is 0 Å². The molecule has 0 N–H and O–H groups in total. The number of benzene rings is 1. The number of carbonyl (C=O) groups is 1. The molecule has 0 spiro atoms. The second kappa shape index (κ2) is 3.81. The molecule has 0 unspecified atom stereocenters. The van der Waals surface area contributed by atoms with Gasteiger partial charge in [-0.15, -0.1) is 0 Å². The molecular formula is C12H12N2O2. The standard InChI is InChI=1S/C12H12N2O2/c1-4-10-9-7-8(12(15)16-3)5-6-11(9)14(2)13-10/h4-7H,1H2,2-3H3. The molecule has 4 nitrogen and oxygen atoms in total. The van der Waals surface area contributed by atoms with E-state index in [1.807, 2.05) is 13.1 Å². The highest BCUT2D eigenvalue weighted by Crippen LogP contribution is 2.20. The Bertz CT molecular complexity index is 570. The molecule has 0 aliphatic carbocycles. The second-order valence-electron chi connectivity index (χ2n) is 3.44. The largest absolute Gasteiger partial charge is 0.465 e. The molecule has 0 radical (unpaired) electrons. The van der Waals surface area contributed by atoms with Gasteiger partial charge in [0.1, 0.15) is 0 Å². The predicted octanol–water partition coefficient (Wildman–Crippen LogP) is 2.00. The maximum atomic E-state index is 11.4. The summed E-state index contributed by atoms with van der Waals surface area (Å²) in [7, 11) is 3.22. The van der Waals surface area contributed by atoms with Crippen molar-refractivity contribution in [2.45, 2.75) is 0 Å². The van der Waals surface area contributed by atoms with Crippen molar-refractivity contribution in [3.63, 3.8) is 0 Å². The average molecular weight is 216 g/mol. The van der Waals surface area contributed by atoms with Crippen LogP contribution >= 0.6 is 0 Å². The minimum absolute atomic E-state index is 0.347. The third kappa shape index (κ3) is 1.48. The molecule has 0 aliphatic rings. The highest BCUT2D eigenvalue weighted by atomic mass is 16.5. The zero-order valence-electron chi connectivity index (χ0n) is 9.23. The van der Waals surface area contributed by atoms with Crippen LogP contribution in [0.15, 0.2) is 24.8 Å². The van der Waals surface area contributed by atoms with Crippen LogP contribution in [0.1, 0.15) is 16.1 Å². The number of fused-ring (bicyclic) bond motifs is 1. The van der Waals surface area contributed by atoms with Crippen LogP contribution in [0.2, 0.25) is 0 Å². The molecular weight excluding hydrogens is 204 g/mol. The Morgan fingerprint density at radius 2 is 2.31 bits per heavy atom. The number of methoxy groups -OCH3 is 1. The van der Waals surface area contributed by atoms with E-state index in [1.54, 1.807) is 22.9 Å². The highest BCUT2D eigenvalue weighted by molar-refractivity contribution is 5.96. The van der Waals surface area contributed by atoms with Crippen molar-refractivity contribution in [2.24, 2.45) is 7.05 Å². The van der Waals surface area contributed by atoms with Gasteiger partial charge in [-0.2, -0.15) is 5.10 Å². The quantitative estimate of drug-likeness (QED) is 0.721. The Morgan fingerprint density at radius 1 is 1.56 bits per heavy atom. The fourth-order valence-electron chi connectivity index (χ4n) is 1.69. The van der Waals surface area contributed by atoms with Crippen molar-refractivity contribution >= 4 is 22.9 Å². The molecule has 1 aromatic carbocycles. The summed E-state index contributed by atoms with van der Waals surface area (Å²) in [4.78, 5) is 11.4. The fraction of sp³-hybridized carbons (Fsp3) is 0.167. The zero-order chi connectivity index (χ0) is 11.7. The Morgan fingerprint density at radius 3 is 2.94 bits per heavy atom. The fourth-order valence-corrected chi connectivity index (χ4v) is 1.69. The van der Waals surface area contributed by atoms with E-state index in [0.29, 0.717) is 5.56 Å². The molecule has 0 saturated carbocycles. The topological polar surface area (TPSA) is 44.1 Å². The molecule has 0 fully saturated rings. The van der Waals surface area contributed by atoms with E-state index in [1.165, 1.54) is 7.11 Å². The summed E-state index contributed by atoms with van der Waals surface area (Å²) in [6.07, 6.45) is 1.67. The van der Waals surface area contributed by atoms with Crippen LogP contribution in [0.3, 0.4) is 0 Å². The van der Waals surface area contributed by atoms with Gasteiger partial charge in [-0.25, -0.2) is 4.79 Å². The minimum Gasteiger partial charge on any atom is -0.465 e. The molecule has 0 bridgehead atoms. The average Bonchev–Trinajstić information content (AvgIpc) is 2.64. The highest BCUT2D eigenvalue weighted by Gasteiger charge is 2.10. The van der Waals surface area contributed by atoms with Crippen LogP contribution in [-0.2, 0) is 11.8 Å². The van der Waals surface area contributed by atoms with Crippen molar-refractivity contribution in [3.05, 3.63) is 36.0 Å². The first-order valence-electron chi connectivity index (χ1n) is 4.85. The number of carbonyl (C=O) groups excluding carboxylic acids is 1. The van der Waals surface area contributed by atoms with Gasteiger partial charge < -0.3 is 4.74 Å². The third-order valence-corrected chi connectivity index (χ3v) is 2.49. The maximum Gasteiger partial charge on any atom is 0.337 e. The number of aryl methyl sites for hydroxylation is 1. The molecule has 0 amide bonds. The Balaban J connectivity index is 2.68. The van der Waals surface area contributed by atoms with Gasteiger partial charge >= 0.3 is 5.97 Å². The van der Waals surface area contributed by atoms with E-state index in [2.05, 4.69) is 16.4 Å². The second-order valence-corrected chi connectivity index (χ2v) is 3.44. The minimum atomic E-state index is -0.347. The molecule has 16 heavy (non-hydrogen) atoms. The Hall–Kier alpha value is -2.10. The SMILES string of the molecule is C=Cc1nn(C)c2ccc(C(=O)OC)cc12. The molecule has 2 aromatic rings. The normalized spacial score (nSPS) is 10.4. The summed E-state index contributed by atoms with van der Waals surface area (Å²) in [5.74, 6) is -0.347. The smallest absolute Gasteiger partial charge is 0.337 e. The molecule has 0 saturated heterocycles. The van der Waals surface area contributed by atoms with E-state index >= 15 is 0 Å². The van der Waals surface area contributed by atoms with E-state index in [4.69, 9.17) is 0 Å². The number of hydrogen-bond acceptors (Lipinski definition) is 3. The monoisotopic (exact) mass is 216 g/mol. The first-order valence-corrected chi connectivity index (χ1v) is 4.85. The van der Waals surface area contributed by atoms with Gasteiger partial charge in [0.15, 0.2) is 0 Å². The van der Waals surface area contributed by atoms with Crippen LogP contribution in [0.5, 0.6) is 0 Å². The van der Waals surface area contributed by atoms with Crippen LogP contribution in [0.25, 0.3) is 17.0 Å². The Labute approximate surface area is 93.1 Å². The van der Waals surface area contributed by atoms with Crippen LogP contribution in [0, 0.1) is 0 Å². The van der Waals surface area contributed by atoms with Gasteiger partial charge in [-0.1, -0.05) is 6.58 Å². The lowest BCUT2D eigenvalue weighted by Gasteiger charge is -1.99. The van der Waals surface area contributed by atoms with E-state index in [-0.39, 0.29) is 5.97 Å². The number of aromatic nitrogens is 2. The van der Waals surface area contributed by atoms with Crippen LogP contribution in [-0.4, -0.2) is 22.9 Å². The number of ether oxygens (including phenoxy) is 1. The van der Waals surface area contributed by atoms with Crippen molar-refractivity contribution < 1.29 is 9.53 Å². The molecule has 82 valence electrons. The van der Waals surface area contributed by atoms with Gasteiger partial charge in [0.05, 0.1) is 23.9 Å². The lowest BCUT2D eigenvalue weighted by molar-refractivity contribution is 0.0601. The molecule has 4 heteroatoms. The van der Waals surface area contributed by atoms with Crippen molar-refractivity contribution in [1.29, 1.82) is 0 Å². The zero-order valence-corrected chi connectivity index (χ0v) is 9.23. The summed E-state index contributed by atoms with van der Waals surface area (Å²) < 4.78 is 6.43. The number of rotatable bonds is 2. The maximum absolute atomic E-state index is 11.4. The molecule has 1 aromatic heterocycles. The lowest BCUT2D eigenvalue weighted by Crippen LogP contribution is -2.00. The molecule has 1 heterocycles. The van der Waals surface area contributed by atoms with Crippen LogP contribution in [0.4, 0.5) is 0 Å². The van der Waals surface area contributed by atoms with Gasteiger partial charge in [-0.3, -0.25) is 4.68 Å². The van der Waals surface area contributed by atoms with Gasteiger partial charge in [-0.05, 0) is 24.3 Å². The van der Waals surface area contributed by atoms with Crippen molar-refractivity contribution in [2.75, 3.05) is 7.11 Å². The van der Waals surface area contributed by atoms with E-state index < -0.39 is 0 Å².